The monoisotopic (exact) mass is 311 g/mol. The molecule has 0 spiro atoms. The second kappa shape index (κ2) is 4.74. The summed E-state index contributed by atoms with van der Waals surface area (Å²) in [5, 5.41) is 2.96. The van der Waals surface area contributed by atoms with Crippen molar-refractivity contribution in [2.75, 3.05) is 0 Å². The molecule has 2 aromatic carbocycles. The Hall–Kier alpha value is -0.740. The Labute approximate surface area is 123 Å². The smallest absolute Gasteiger partial charge is 0.0934 e. The molecule has 18 heavy (non-hydrogen) atoms. The average molecular weight is 312 g/mol. The molecule has 3 rings (SSSR count). The standard InChI is InChI=1S/C13H7Cl2NS2/c14-6-16-9-4-5-10-11(12(9)17)7-2-1-3-8(15)13(7)18-10/h1-6,17H. The molecule has 0 aliphatic carbocycles. The molecule has 0 aliphatic heterocycles. The van der Waals surface area contributed by atoms with E-state index in [1.165, 1.54) is 5.67 Å². The summed E-state index contributed by atoms with van der Waals surface area (Å²) < 4.78 is 2.23. The van der Waals surface area contributed by atoms with Crippen molar-refractivity contribution in [1.82, 2.24) is 0 Å². The van der Waals surface area contributed by atoms with E-state index in [-0.39, 0.29) is 0 Å². The highest BCUT2D eigenvalue weighted by Crippen LogP contribution is 2.43. The number of hydrogen-bond donors (Lipinski definition) is 1. The fourth-order valence-electron chi connectivity index (χ4n) is 1.98. The third kappa shape index (κ3) is 1.82. The number of fused-ring (bicyclic) bond motifs is 3. The van der Waals surface area contributed by atoms with Crippen LogP contribution in [0.3, 0.4) is 0 Å². The van der Waals surface area contributed by atoms with Gasteiger partial charge >= 0.3 is 0 Å². The minimum atomic E-state index is 0.764. The molecule has 0 saturated carbocycles. The summed E-state index contributed by atoms with van der Waals surface area (Å²) in [7, 11) is 0. The lowest BCUT2D eigenvalue weighted by atomic mass is 10.1. The van der Waals surface area contributed by atoms with Crippen LogP contribution in [0.25, 0.3) is 20.2 Å². The number of hydrogen-bond acceptors (Lipinski definition) is 3. The molecule has 0 radical (unpaired) electrons. The first-order valence-corrected chi connectivity index (χ1v) is 7.25. The van der Waals surface area contributed by atoms with E-state index in [4.69, 9.17) is 23.2 Å². The van der Waals surface area contributed by atoms with Crippen LogP contribution in [0.4, 0.5) is 5.69 Å². The topological polar surface area (TPSA) is 12.4 Å². The molecule has 0 aliphatic rings. The van der Waals surface area contributed by atoms with E-state index in [1.54, 1.807) is 11.3 Å². The van der Waals surface area contributed by atoms with Crippen molar-refractivity contribution in [1.29, 1.82) is 0 Å². The molecule has 0 unspecified atom stereocenters. The summed E-state index contributed by atoms with van der Waals surface area (Å²) >= 11 is 18.0. The maximum Gasteiger partial charge on any atom is 0.0934 e. The Kier molecular flexibility index (Phi) is 3.24. The van der Waals surface area contributed by atoms with Crippen molar-refractivity contribution in [2.45, 2.75) is 4.90 Å². The number of nitrogens with zero attached hydrogens (tertiary/aromatic N) is 1. The number of thiol groups is 1. The van der Waals surface area contributed by atoms with Crippen LogP contribution in [0.2, 0.25) is 5.02 Å². The van der Waals surface area contributed by atoms with Gasteiger partial charge < -0.3 is 0 Å². The van der Waals surface area contributed by atoms with E-state index in [1.807, 2.05) is 30.3 Å². The Bertz CT molecular complexity index is 777. The van der Waals surface area contributed by atoms with Gasteiger partial charge in [-0.1, -0.05) is 35.3 Å². The summed E-state index contributed by atoms with van der Waals surface area (Å²) in [6.45, 7) is 0. The molecule has 0 atom stereocenters. The molecule has 1 nitrogen and oxygen atoms in total. The first-order chi connectivity index (χ1) is 8.72. The SMILES string of the molecule is Sc1c(N=CCl)ccc2sc3c(Cl)cccc3c12. The van der Waals surface area contributed by atoms with Gasteiger partial charge in [0.1, 0.15) is 0 Å². The molecule has 1 heterocycles. The average Bonchev–Trinajstić information content (AvgIpc) is 2.74. The van der Waals surface area contributed by atoms with Gasteiger partial charge in [-0.2, -0.15) is 0 Å². The molecule has 3 aromatic rings. The number of thiophene rings is 1. The van der Waals surface area contributed by atoms with Crippen molar-refractivity contribution in [3.05, 3.63) is 35.4 Å². The molecule has 5 heteroatoms. The number of rotatable bonds is 1. The molecule has 0 amide bonds. The van der Waals surface area contributed by atoms with Gasteiger partial charge in [0.2, 0.25) is 0 Å². The Morgan fingerprint density at radius 2 is 2.06 bits per heavy atom. The fourth-order valence-corrected chi connectivity index (χ4v) is 3.94. The molecule has 0 saturated heterocycles. The summed E-state index contributed by atoms with van der Waals surface area (Å²) in [6, 6.07) is 9.83. The van der Waals surface area contributed by atoms with Gasteiger partial charge in [0.05, 0.1) is 21.1 Å². The predicted molar refractivity (Wildman–Crippen MR) is 85.6 cm³/mol. The molecular formula is C13H7Cl2NS2. The van der Waals surface area contributed by atoms with Gasteiger partial charge in [-0.25, -0.2) is 4.99 Å². The van der Waals surface area contributed by atoms with Gasteiger partial charge in [-0.15, -0.1) is 24.0 Å². The lowest BCUT2D eigenvalue weighted by Gasteiger charge is -2.01. The van der Waals surface area contributed by atoms with Crippen LogP contribution in [-0.4, -0.2) is 5.67 Å². The zero-order valence-electron chi connectivity index (χ0n) is 9.02. The van der Waals surface area contributed by atoms with Gasteiger partial charge in [-0.05, 0) is 18.2 Å². The summed E-state index contributed by atoms with van der Waals surface area (Å²) in [6.07, 6.45) is 0. The number of halogens is 2. The zero-order chi connectivity index (χ0) is 12.7. The van der Waals surface area contributed by atoms with E-state index in [9.17, 15) is 0 Å². The molecule has 1 aromatic heterocycles. The van der Waals surface area contributed by atoms with Crippen LogP contribution >= 0.6 is 47.2 Å². The van der Waals surface area contributed by atoms with Crippen LogP contribution in [0.1, 0.15) is 0 Å². The number of benzene rings is 2. The number of aliphatic imine (C=N–C) groups is 1. The zero-order valence-corrected chi connectivity index (χ0v) is 12.2. The fraction of sp³-hybridized carbons (Fsp3) is 0. The largest absolute Gasteiger partial charge is 0.243 e. The van der Waals surface area contributed by atoms with Crippen molar-refractivity contribution < 1.29 is 0 Å². The Morgan fingerprint density at radius 1 is 1.22 bits per heavy atom. The highest BCUT2D eigenvalue weighted by molar-refractivity contribution is 7.80. The molecule has 90 valence electrons. The van der Waals surface area contributed by atoms with Crippen LogP contribution in [-0.2, 0) is 0 Å². The Balaban J connectivity index is 2.50. The van der Waals surface area contributed by atoms with Crippen molar-refractivity contribution in [2.24, 2.45) is 4.99 Å². The molecule has 0 N–H and O–H groups in total. The van der Waals surface area contributed by atoms with E-state index in [0.29, 0.717) is 0 Å². The highest BCUT2D eigenvalue weighted by Gasteiger charge is 2.12. The van der Waals surface area contributed by atoms with Crippen molar-refractivity contribution in [3.63, 3.8) is 0 Å². The highest BCUT2D eigenvalue weighted by atomic mass is 35.5. The molecule has 0 fully saturated rings. The van der Waals surface area contributed by atoms with Crippen LogP contribution in [0, 0.1) is 0 Å². The lowest BCUT2D eigenvalue weighted by molar-refractivity contribution is 1.46. The van der Waals surface area contributed by atoms with E-state index < -0.39 is 0 Å². The van der Waals surface area contributed by atoms with Crippen LogP contribution in [0.15, 0.2) is 40.2 Å². The summed E-state index contributed by atoms with van der Waals surface area (Å²) in [5.41, 5.74) is 2.02. The van der Waals surface area contributed by atoms with Gasteiger partial charge in [-0.3, -0.25) is 0 Å². The predicted octanol–water partition coefficient (Wildman–Crippen LogP) is 5.90. The van der Waals surface area contributed by atoms with Gasteiger partial charge in [0.15, 0.2) is 0 Å². The second-order valence-electron chi connectivity index (χ2n) is 3.75. The normalized spacial score (nSPS) is 11.9. The third-order valence-corrected chi connectivity index (χ3v) is 4.94. The first kappa shape index (κ1) is 12.3. The van der Waals surface area contributed by atoms with Gasteiger partial charge in [0.25, 0.3) is 0 Å². The summed E-state index contributed by atoms with van der Waals surface area (Å²) in [4.78, 5) is 4.93. The minimum Gasteiger partial charge on any atom is -0.243 e. The van der Waals surface area contributed by atoms with Crippen molar-refractivity contribution in [3.8, 4) is 0 Å². The van der Waals surface area contributed by atoms with Crippen LogP contribution < -0.4 is 0 Å². The second-order valence-corrected chi connectivity index (χ2v) is 5.85. The molecule has 0 bridgehead atoms. The summed E-state index contributed by atoms with van der Waals surface area (Å²) in [5.74, 6) is 0. The van der Waals surface area contributed by atoms with Crippen molar-refractivity contribution >= 4 is 78.7 Å². The van der Waals surface area contributed by atoms with E-state index >= 15 is 0 Å². The minimum absolute atomic E-state index is 0.764. The maximum atomic E-state index is 6.22. The third-order valence-electron chi connectivity index (χ3n) is 2.75. The van der Waals surface area contributed by atoms with E-state index in [2.05, 4.69) is 17.6 Å². The first-order valence-electron chi connectivity index (χ1n) is 5.18. The Morgan fingerprint density at radius 3 is 2.83 bits per heavy atom. The lowest BCUT2D eigenvalue weighted by Crippen LogP contribution is -1.73. The van der Waals surface area contributed by atoms with E-state index in [0.717, 1.165) is 35.8 Å². The van der Waals surface area contributed by atoms with Crippen LogP contribution in [0.5, 0.6) is 0 Å². The maximum absolute atomic E-state index is 6.22. The van der Waals surface area contributed by atoms with Gasteiger partial charge in [0, 0.05) is 20.4 Å². The quantitative estimate of drug-likeness (QED) is 0.424. The molecular weight excluding hydrogens is 305 g/mol.